The van der Waals surface area contributed by atoms with Crippen LogP contribution in [0, 0.1) is 0 Å². The number of rotatable bonds is 2. The van der Waals surface area contributed by atoms with Gasteiger partial charge in [-0.3, -0.25) is 4.98 Å². The van der Waals surface area contributed by atoms with Gasteiger partial charge in [-0.15, -0.1) is 0 Å². The molecule has 0 bridgehead atoms. The summed E-state index contributed by atoms with van der Waals surface area (Å²) in [5.74, 6) is 0. The predicted molar refractivity (Wildman–Crippen MR) is 62.8 cm³/mol. The number of hydrogen-bond donors (Lipinski definition) is 1. The molecule has 1 fully saturated rings. The van der Waals surface area contributed by atoms with Crippen LogP contribution < -0.4 is 5.32 Å². The molecule has 1 aliphatic heterocycles. The van der Waals surface area contributed by atoms with Crippen molar-refractivity contribution in [2.45, 2.75) is 44.6 Å². The number of pyridine rings is 1. The van der Waals surface area contributed by atoms with E-state index in [0.29, 0.717) is 0 Å². The number of nitrogens with one attached hydrogen (secondary N) is 1. The van der Waals surface area contributed by atoms with Gasteiger partial charge in [0.1, 0.15) is 0 Å². The van der Waals surface area contributed by atoms with E-state index in [2.05, 4.69) is 29.4 Å². The Kier molecular flexibility index (Phi) is 3.37. The maximum atomic E-state index is 4.06. The summed E-state index contributed by atoms with van der Waals surface area (Å²) in [5.41, 5.74) is 1.68. The Morgan fingerprint density at radius 2 is 2.07 bits per heavy atom. The van der Waals surface area contributed by atoms with E-state index < -0.39 is 0 Å². The molecule has 2 heteroatoms. The minimum atomic E-state index is 0.290. The minimum absolute atomic E-state index is 0.290. The molecular weight excluding hydrogens is 184 g/mol. The third kappa shape index (κ3) is 3.03. The Balaban J connectivity index is 2.02. The summed E-state index contributed by atoms with van der Waals surface area (Å²) in [7, 11) is 0. The summed E-state index contributed by atoms with van der Waals surface area (Å²) < 4.78 is 0. The molecule has 0 aliphatic carbocycles. The monoisotopic (exact) mass is 204 g/mol. The van der Waals surface area contributed by atoms with Gasteiger partial charge in [-0.05, 0) is 50.4 Å². The van der Waals surface area contributed by atoms with Crippen LogP contribution in [0.2, 0.25) is 0 Å². The van der Waals surface area contributed by atoms with Crippen LogP contribution in [-0.4, -0.2) is 17.1 Å². The van der Waals surface area contributed by atoms with E-state index >= 15 is 0 Å². The van der Waals surface area contributed by atoms with E-state index in [1.807, 2.05) is 12.4 Å². The summed E-state index contributed by atoms with van der Waals surface area (Å²) in [6.07, 6.45) is 10.2. The lowest BCUT2D eigenvalue weighted by Gasteiger charge is -2.29. The molecular formula is C13H20N2. The van der Waals surface area contributed by atoms with E-state index in [4.69, 9.17) is 0 Å². The van der Waals surface area contributed by atoms with Gasteiger partial charge in [-0.1, -0.05) is 12.8 Å². The average Bonchev–Trinajstić information content (AvgIpc) is 2.45. The quantitative estimate of drug-likeness (QED) is 0.800. The smallest absolute Gasteiger partial charge is 0.0270 e. The fraction of sp³-hybridized carbons (Fsp3) is 0.615. The van der Waals surface area contributed by atoms with E-state index in [9.17, 15) is 0 Å². The fourth-order valence-electron chi connectivity index (χ4n) is 2.40. The summed E-state index contributed by atoms with van der Waals surface area (Å²) in [5, 5.41) is 3.69. The molecule has 1 atom stereocenters. The molecule has 0 saturated carbocycles. The molecule has 0 amide bonds. The van der Waals surface area contributed by atoms with Crippen LogP contribution >= 0.6 is 0 Å². The third-order valence-corrected chi connectivity index (χ3v) is 3.30. The zero-order valence-corrected chi connectivity index (χ0v) is 9.50. The van der Waals surface area contributed by atoms with E-state index in [-0.39, 0.29) is 5.54 Å². The molecule has 0 spiro atoms. The van der Waals surface area contributed by atoms with Crippen molar-refractivity contribution in [3.63, 3.8) is 0 Å². The molecule has 1 saturated heterocycles. The summed E-state index contributed by atoms with van der Waals surface area (Å²) in [6, 6.07) is 4.25. The Hall–Kier alpha value is -0.890. The highest BCUT2D eigenvalue weighted by atomic mass is 15.0. The van der Waals surface area contributed by atoms with E-state index in [1.54, 1.807) is 0 Å². The standard InChI is InChI=1S/C13H20N2/c1-13(7-3-2-4-8-15-13)11-12-5-9-14-10-6-12/h5-6,9-10,15H,2-4,7-8,11H2,1H3. The van der Waals surface area contributed by atoms with Gasteiger partial charge in [-0.25, -0.2) is 0 Å². The van der Waals surface area contributed by atoms with Gasteiger partial charge >= 0.3 is 0 Å². The summed E-state index contributed by atoms with van der Waals surface area (Å²) >= 11 is 0. The maximum Gasteiger partial charge on any atom is 0.0270 e. The molecule has 1 unspecified atom stereocenters. The Bertz CT molecular complexity index is 287. The van der Waals surface area contributed by atoms with Crippen molar-refractivity contribution in [2.75, 3.05) is 6.54 Å². The molecule has 1 aromatic heterocycles. The number of aromatic nitrogens is 1. The van der Waals surface area contributed by atoms with Crippen molar-refractivity contribution in [2.24, 2.45) is 0 Å². The second kappa shape index (κ2) is 4.75. The van der Waals surface area contributed by atoms with E-state index in [0.717, 1.165) is 6.42 Å². The molecule has 1 N–H and O–H groups in total. The third-order valence-electron chi connectivity index (χ3n) is 3.30. The van der Waals surface area contributed by atoms with Crippen molar-refractivity contribution in [3.05, 3.63) is 30.1 Å². The van der Waals surface area contributed by atoms with Crippen molar-refractivity contribution in [1.82, 2.24) is 10.3 Å². The van der Waals surface area contributed by atoms with Crippen LogP contribution in [0.4, 0.5) is 0 Å². The zero-order valence-electron chi connectivity index (χ0n) is 9.50. The molecule has 82 valence electrons. The van der Waals surface area contributed by atoms with E-state index in [1.165, 1.54) is 37.8 Å². The molecule has 1 aromatic rings. The van der Waals surface area contributed by atoms with Crippen LogP contribution in [0.3, 0.4) is 0 Å². The number of nitrogens with zero attached hydrogens (tertiary/aromatic N) is 1. The molecule has 0 aromatic carbocycles. The van der Waals surface area contributed by atoms with Crippen LogP contribution in [0.5, 0.6) is 0 Å². The normalized spacial score (nSPS) is 27.3. The Morgan fingerprint density at radius 1 is 1.27 bits per heavy atom. The van der Waals surface area contributed by atoms with Gasteiger partial charge in [0, 0.05) is 17.9 Å². The van der Waals surface area contributed by atoms with Gasteiger partial charge in [0.15, 0.2) is 0 Å². The first-order valence-corrected chi connectivity index (χ1v) is 5.92. The van der Waals surface area contributed by atoms with Gasteiger partial charge < -0.3 is 5.32 Å². The van der Waals surface area contributed by atoms with Gasteiger partial charge in [-0.2, -0.15) is 0 Å². The first kappa shape index (κ1) is 10.6. The topological polar surface area (TPSA) is 24.9 Å². The molecule has 2 heterocycles. The second-order valence-corrected chi connectivity index (χ2v) is 4.83. The molecule has 1 aliphatic rings. The van der Waals surface area contributed by atoms with Crippen molar-refractivity contribution in [3.8, 4) is 0 Å². The summed E-state index contributed by atoms with van der Waals surface area (Å²) in [4.78, 5) is 4.06. The Labute approximate surface area is 92.1 Å². The van der Waals surface area contributed by atoms with Crippen LogP contribution in [0.25, 0.3) is 0 Å². The lowest BCUT2D eigenvalue weighted by atomic mass is 9.89. The largest absolute Gasteiger partial charge is 0.311 e. The second-order valence-electron chi connectivity index (χ2n) is 4.83. The molecule has 2 nitrogen and oxygen atoms in total. The van der Waals surface area contributed by atoms with Crippen molar-refractivity contribution in [1.29, 1.82) is 0 Å². The van der Waals surface area contributed by atoms with Crippen LogP contribution in [-0.2, 0) is 6.42 Å². The molecule has 0 radical (unpaired) electrons. The van der Waals surface area contributed by atoms with Crippen molar-refractivity contribution < 1.29 is 0 Å². The lowest BCUT2D eigenvalue weighted by Crippen LogP contribution is -2.43. The van der Waals surface area contributed by atoms with Crippen LogP contribution in [0.1, 0.15) is 38.2 Å². The van der Waals surface area contributed by atoms with Crippen LogP contribution in [0.15, 0.2) is 24.5 Å². The van der Waals surface area contributed by atoms with Gasteiger partial charge in [0.25, 0.3) is 0 Å². The SMILES string of the molecule is CC1(Cc2ccncc2)CCCCCN1. The predicted octanol–water partition coefficient (Wildman–Crippen LogP) is 2.55. The average molecular weight is 204 g/mol. The van der Waals surface area contributed by atoms with Gasteiger partial charge in [0.2, 0.25) is 0 Å². The molecule has 15 heavy (non-hydrogen) atoms. The zero-order chi connectivity index (χ0) is 10.6. The number of hydrogen-bond acceptors (Lipinski definition) is 2. The highest BCUT2D eigenvalue weighted by Gasteiger charge is 2.24. The highest BCUT2D eigenvalue weighted by molar-refractivity contribution is 5.13. The highest BCUT2D eigenvalue weighted by Crippen LogP contribution is 2.22. The minimum Gasteiger partial charge on any atom is -0.311 e. The molecule has 2 rings (SSSR count). The fourth-order valence-corrected chi connectivity index (χ4v) is 2.40. The van der Waals surface area contributed by atoms with Crippen molar-refractivity contribution >= 4 is 0 Å². The summed E-state index contributed by atoms with van der Waals surface area (Å²) in [6.45, 7) is 3.51. The lowest BCUT2D eigenvalue weighted by molar-refractivity contribution is 0.345. The first-order chi connectivity index (χ1) is 7.29. The first-order valence-electron chi connectivity index (χ1n) is 5.92. The Morgan fingerprint density at radius 3 is 2.87 bits per heavy atom. The van der Waals surface area contributed by atoms with Gasteiger partial charge in [0.05, 0.1) is 0 Å². The maximum absolute atomic E-state index is 4.06.